The summed E-state index contributed by atoms with van der Waals surface area (Å²) < 4.78 is 37.7. The van der Waals surface area contributed by atoms with E-state index in [9.17, 15) is 13.2 Å². The van der Waals surface area contributed by atoms with Crippen LogP contribution in [0.2, 0.25) is 0 Å². The third kappa shape index (κ3) is 1.17. The lowest BCUT2D eigenvalue weighted by molar-refractivity contribution is 0.377. The zero-order valence-electron chi connectivity index (χ0n) is 6.16. The van der Waals surface area contributed by atoms with Crippen molar-refractivity contribution in [3.8, 4) is 5.75 Å². The fourth-order valence-electron chi connectivity index (χ4n) is 0.767. The predicted octanol–water partition coefficient (Wildman–Crippen LogP) is 1.85. The van der Waals surface area contributed by atoms with E-state index >= 15 is 0 Å². The van der Waals surface area contributed by atoms with E-state index in [2.05, 4.69) is 5.32 Å². The van der Waals surface area contributed by atoms with Gasteiger partial charge in [0.1, 0.15) is 0 Å². The minimum absolute atomic E-state index is 0.331. The van der Waals surface area contributed by atoms with Crippen molar-refractivity contribution in [3.63, 3.8) is 0 Å². The molecular formula is C7H6F3NO. The predicted molar refractivity (Wildman–Crippen MR) is 37.5 cm³/mol. The molecule has 12 heavy (non-hydrogen) atoms. The SMILES string of the molecule is CNc1cc(F)c(O)c(F)c1F. The first kappa shape index (κ1) is 8.70. The molecule has 2 nitrogen and oxygen atoms in total. The van der Waals surface area contributed by atoms with E-state index in [1.807, 2.05) is 0 Å². The van der Waals surface area contributed by atoms with Crippen molar-refractivity contribution in [2.45, 2.75) is 0 Å². The van der Waals surface area contributed by atoms with Gasteiger partial charge in [-0.25, -0.2) is 8.78 Å². The van der Waals surface area contributed by atoms with Crippen LogP contribution in [0.5, 0.6) is 5.75 Å². The summed E-state index contributed by atoms with van der Waals surface area (Å²) in [6.45, 7) is 0. The third-order valence-electron chi connectivity index (χ3n) is 1.40. The van der Waals surface area contributed by atoms with E-state index in [1.165, 1.54) is 7.05 Å². The Kier molecular flexibility index (Phi) is 2.12. The summed E-state index contributed by atoms with van der Waals surface area (Å²) in [5, 5.41) is 10.8. The Morgan fingerprint density at radius 2 is 1.83 bits per heavy atom. The average Bonchev–Trinajstić information content (AvgIpc) is 2.08. The number of hydrogen-bond donors (Lipinski definition) is 2. The maximum Gasteiger partial charge on any atom is 0.205 e. The van der Waals surface area contributed by atoms with Gasteiger partial charge in [-0.3, -0.25) is 0 Å². The normalized spacial score (nSPS) is 10.0. The Bertz CT molecular complexity index is 314. The molecule has 0 aliphatic rings. The van der Waals surface area contributed by atoms with Gasteiger partial charge in [0, 0.05) is 13.1 Å². The summed E-state index contributed by atoms with van der Waals surface area (Å²) >= 11 is 0. The molecule has 66 valence electrons. The van der Waals surface area contributed by atoms with E-state index in [1.54, 1.807) is 0 Å². The molecule has 0 amide bonds. The number of phenolic OH excluding ortho intramolecular Hbond substituents is 1. The minimum atomic E-state index is -1.58. The number of benzene rings is 1. The van der Waals surface area contributed by atoms with E-state index < -0.39 is 23.2 Å². The lowest BCUT2D eigenvalue weighted by Gasteiger charge is -2.04. The van der Waals surface area contributed by atoms with Gasteiger partial charge in [0.25, 0.3) is 0 Å². The number of rotatable bonds is 1. The highest BCUT2D eigenvalue weighted by Crippen LogP contribution is 2.27. The first-order valence-electron chi connectivity index (χ1n) is 3.12. The molecule has 0 radical (unpaired) electrons. The summed E-state index contributed by atoms with van der Waals surface area (Å²) in [6, 6.07) is 0.674. The Labute approximate surface area is 66.6 Å². The molecule has 0 saturated heterocycles. The molecule has 0 bridgehead atoms. The molecule has 0 aliphatic heterocycles. The highest BCUT2D eigenvalue weighted by Gasteiger charge is 2.16. The van der Waals surface area contributed by atoms with E-state index in [4.69, 9.17) is 5.11 Å². The van der Waals surface area contributed by atoms with Crippen LogP contribution in [-0.2, 0) is 0 Å². The van der Waals surface area contributed by atoms with E-state index in [0.29, 0.717) is 6.07 Å². The van der Waals surface area contributed by atoms with Gasteiger partial charge in [0.05, 0.1) is 5.69 Å². The maximum absolute atomic E-state index is 12.7. The van der Waals surface area contributed by atoms with Gasteiger partial charge in [0.15, 0.2) is 17.4 Å². The molecule has 2 N–H and O–H groups in total. The Balaban J connectivity index is 3.39. The highest BCUT2D eigenvalue weighted by atomic mass is 19.2. The van der Waals surface area contributed by atoms with Crippen LogP contribution in [0.15, 0.2) is 6.07 Å². The molecular weight excluding hydrogens is 171 g/mol. The lowest BCUT2D eigenvalue weighted by atomic mass is 10.2. The van der Waals surface area contributed by atoms with Crippen molar-refractivity contribution in [1.82, 2.24) is 0 Å². The van der Waals surface area contributed by atoms with Gasteiger partial charge >= 0.3 is 0 Å². The van der Waals surface area contributed by atoms with Crippen LogP contribution in [0, 0.1) is 17.5 Å². The number of nitrogens with one attached hydrogen (secondary N) is 1. The van der Waals surface area contributed by atoms with Gasteiger partial charge in [-0.05, 0) is 0 Å². The first-order chi connectivity index (χ1) is 5.57. The van der Waals surface area contributed by atoms with Crippen molar-refractivity contribution in [3.05, 3.63) is 23.5 Å². The first-order valence-corrected chi connectivity index (χ1v) is 3.12. The second-order valence-electron chi connectivity index (χ2n) is 2.13. The minimum Gasteiger partial charge on any atom is -0.503 e. The third-order valence-corrected chi connectivity index (χ3v) is 1.40. The molecule has 0 atom stereocenters. The maximum atomic E-state index is 12.7. The quantitative estimate of drug-likeness (QED) is 0.506. The Hall–Kier alpha value is -1.39. The molecule has 1 aromatic carbocycles. The van der Waals surface area contributed by atoms with Crippen molar-refractivity contribution in [1.29, 1.82) is 0 Å². The zero-order valence-corrected chi connectivity index (χ0v) is 6.16. The van der Waals surface area contributed by atoms with Crippen LogP contribution in [0.1, 0.15) is 0 Å². The molecule has 0 fully saturated rings. The van der Waals surface area contributed by atoms with Crippen LogP contribution in [-0.4, -0.2) is 12.2 Å². The molecule has 5 heteroatoms. The van der Waals surface area contributed by atoms with E-state index in [-0.39, 0.29) is 5.69 Å². The van der Waals surface area contributed by atoms with Crippen molar-refractivity contribution >= 4 is 5.69 Å². The van der Waals surface area contributed by atoms with Crippen molar-refractivity contribution < 1.29 is 18.3 Å². The van der Waals surface area contributed by atoms with Crippen LogP contribution < -0.4 is 5.32 Å². The van der Waals surface area contributed by atoms with Gasteiger partial charge in [-0.15, -0.1) is 0 Å². The highest BCUT2D eigenvalue weighted by molar-refractivity contribution is 5.48. The average molecular weight is 177 g/mol. The molecule has 0 spiro atoms. The van der Waals surface area contributed by atoms with Gasteiger partial charge in [-0.1, -0.05) is 0 Å². The molecule has 0 aliphatic carbocycles. The van der Waals surface area contributed by atoms with Gasteiger partial charge in [-0.2, -0.15) is 4.39 Å². The number of hydrogen-bond acceptors (Lipinski definition) is 2. The lowest BCUT2D eigenvalue weighted by Crippen LogP contribution is -1.97. The van der Waals surface area contributed by atoms with Crippen LogP contribution in [0.25, 0.3) is 0 Å². The topological polar surface area (TPSA) is 32.3 Å². The molecule has 1 aromatic rings. The fourth-order valence-corrected chi connectivity index (χ4v) is 0.767. The number of aromatic hydroxyl groups is 1. The van der Waals surface area contributed by atoms with Crippen LogP contribution in [0.4, 0.5) is 18.9 Å². The number of anilines is 1. The monoisotopic (exact) mass is 177 g/mol. The van der Waals surface area contributed by atoms with Gasteiger partial charge < -0.3 is 10.4 Å². The van der Waals surface area contributed by atoms with Crippen LogP contribution >= 0.6 is 0 Å². The Morgan fingerprint density at radius 3 is 2.33 bits per heavy atom. The molecule has 0 unspecified atom stereocenters. The largest absolute Gasteiger partial charge is 0.503 e. The molecule has 0 heterocycles. The molecule has 0 saturated carbocycles. The van der Waals surface area contributed by atoms with Crippen LogP contribution in [0.3, 0.4) is 0 Å². The van der Waals surface area contributed by atoms with Crippen molar-refractivity contribution in [2.24, 2.45) is 0 Å². The standard InChI is InChI=1S/C7H6F3NO/c1-11-4-2-3(8)7(12)6(10)5(4)9/h2,11-12H,1H3. The second-order valence-corrected chi connectivity index (χ2v) is 2.13. The summed E-state index contributed by atoms with van der Waals surface area (Å²) in [4.78, 5) is 0. The molecule has 0 aromatic heterocycles. The van der Waals surface area contributed by atoms with Gasteiger partial charge in [0.2, 0.25) is 5.82 Å². The summed E-state index contributed by atoms with van der Waals surface area (Å²) in [6.07, 6.45) is 0. The number of phenols is 1. The summed E-state index contributed by atoms with van der Waals surface area (Å²) in [5.74, 6) is -5.37. The zero-order chi connectivity index (χ0) is 9.30. The number of halogens is 3. The van der Waals surface area contributed by atoms with E-state index in [0.717, 1.165) is 0 Å². The smallest absolute Gasteiger partial charge is 0.205 e. The Morgan fingerprint density at radius 1 is 1.25 bits per heavy atom. The molecule has 1 rings (SSSR count). The van der Waals surface area contributed by atoms with Crippen molar-refractivity contribution in [2.75, 3.05) is 12.4 Å². The fraction of sp³-hybridized carbons (Fsp3) is 0.143. The summed E-state index contributed by atoms with van der Waals surface area (Å²) in [5.41, 5.74) is -0.331. The second kappa shape index (κ2) is 2.92. The summed E-state index contributed by atoms with van der Waals surface area (Å²) in [7, 11) is 1.31.